The van der Waals surface area contributed by atoms with Crippen LogP contribution in [-0.2, 0) is 14.8 Å². The number of anilines is 1. The fourth-order valence-electron chi connectivity index (χ4n) is 3.18. The number of ether oxygens (including phenoxy) is 1. The van der Waals surface area contributed by atoms with Gasteiger partial charge in [0.1, 0.15) is 11.8 Å². The second kappa shape index (κ2) is 8.00. The SMILES string of the molecule is COc1ccc(C)c(S(=O)(=O)N2CCC[C@H]2C(=O)Nc2ccccc2Br)c1. The monoisotopic (exact) mass is 452 g/mol. The molecular weight excluding hydrogens is 432 g/mol. The molecule has 1 amide bonds. The molecule has 0 bridgehead atoms. The summed E-state index contributed by atoms with van der Waals surface area (Å²) in [6, 6.07) is 11.4. The van der Waals surface area contributed by atoms with Gasteiger partial charge in [-0.05, 0) is 59.5 Å². The molecule has 1 heterocycles. The molecule has 6 nitrogen and oxygen atoms in total. The van der Waals surface area contributed by atoms with Crippen LogP contribution in [0.3, 0.4) is 0 Å². The maximum Gasteiger partial charge on any atom is 0.244 e. The summed E-state index contributed by atoms with van der Waals surface area (Å²) in [7, 11) is -2.33. The third-order valence-corrected chi connectivity index (χ3v) is 7.36. The number of rotatable bonds is 5. The number of hydrogen-bond donors (Lipinski definition) is 1. The van der Waals surface area contributed by atoms with Gasteiger partial charge >= 0.3 is 0 Å². The van der Waals surface area contributed by atoms with Crippen LogP contribution in [0.2, 0.25) is 0 Å². The van der Waals surface area contributed by atoms with E-state index in [0.717, 1.165) is 4.47 Å². The van der Waals surface area contributed by atoms with Gasteiger partial charge in [0.25, 0.3) is 0 Å². The van der Waals surface area contributed by atoms with E-state index in [1.807, 2.05) is 18.2 Å². The highest BCUT2D eigenvalue weighted by molar-refractivity contribution is 9.10. The molecule has 27 heavy (non-hydrogen) atoms. The van der Waals surface area contributed by atoms with Gasteiger partial charge in [0.2, 0.25) is 15.9 Å². The molecule has 2 aromatic rings. The molecule has 0 spiro atoms. The number of carbonyl (C=O) groups excluding carboxylic acids is 1. The lowest BCUT2D eigenvalue weighted by atomic mass is 10.2. The van der Waals surface area contributed by atoms with Gasteiger partial charge in [-0.1, -0.05) is 18.2 Å². The first kappa shape index (κ1) is 19.9. The number of hydrogen-bond acceptors (Lipinski definition) is 4. The van der Waals surface area contributed by atoms with E-state index in [1.54, 1.807) is 25.1 Å². The van der Waals surface area contributed by atoms with Gasteiger partial charge < -0.3 is 10.1 Å². The van der Waals surface area contributed by atoms with Gasteiger partial charge in [-0.15, -0.1) is 0 Å². The Morgan fingerprint density at radius 1 is 1.26 bits per heavy atom. The Morgan fingerprint density at radius 2 is 2.00 bits per heavy atom. The third-order valence-electron chi connectivity index (χ3n) is 4.62. The second-order valence-corrected chi connectivity index (χ2v) is 9.09. The molecule has 2 aromatic carbocycles. The molecule has 1 aliphatic rings. The summed E-state index contributed by atoms with van der Waals surface area (Å²) in [4.78, 5) is 13.0. The minimum absolute atomic E-state index is 0.169. The Labute approximate surface area is 167 Å². The highest BCUT2D eigenvalue weighted by atomic mass is 79.9. The summed E-state index contributed by atoms with van der Waals surface area (Å²) >= 11 is 3.39. The zero-order chi connectivity index (χ0) is 19.6. The van der Waals surface area contributed by atoms with Crippen molar-refractivity contribution >= 4 is 37.5 Å². The van der Waals surface area contributed by atoms with E-state index in [-0.39, 0.29) is 10.8 Å². The lowest BCUT2D eigenvalue weighted by Crippen LogP contribution is -2.43. The van der Waals surface area contributed by atoms with Crippen molar-refractivity contribution in [2.24, 2.45) is 0 Å². The number of carbonyl (C=O) groups is 1. The highest BCUT2D eigenvalue weighted by Gasteiger charge is 2.40. The molecule has 1 fully saturated rings. The Bertz CT molecular complexity index is 962. The molecule has 1 saturated heterocycles. The first-order valence-corrected chi connectivity index (χ1v) is 10.8. The van der Waals surface area contributed by atoms with Crippen molar-refractivity contribution in [2.45, 2.75) is 30.7 Å². The van der Waals surface area contributed by atoms with Crippen LogP contribution in [0.1, 0.15) is 18.4 Å². The number of benzene rings is 2. The summed E-state index contributed by atoms with van der Waals surface area (Å²) in [5, 5.41) is 2.83. The standard InChI is InChI=1S/C19H21BrN2O4S/c1-13-9-10-14(26-2)12-18(13)27(24,25)22-11-5-8-17(22)19(23)21-16-7-4-3-6-15(16)20/h3-4,6-7,9-10,12,17H,5,8,11H2,1-2H3,(H,21,23)/t17-/m0/s1. The largest absolute Gasteiger partial charge is 0.497 e. The number of nitrogens with zero attached hydrogens (tertiary/aromatic N) is 1. The van der Waals surface area contributed by atoms with Crippen molar-refractivity contribution in [2.75, 3.05) is 19.0 Å². The smallest absolute Gasteiger partial charge is 0.244 e. The van der Waals surface area contributed by atoms with Crippen molar-refractivity contribution in [3.05, 3.63) is 52.5 Å². The van der Waals surface area contributed by atoms with E-state index in [2.05, 4.69) is 21.2 Å². The van der Waals surface area contributed by atoms with Gasteiger partial charge in [-0.25, -0.2) is 8.42 Å². The van der Waals surface area contributed by atoms with Crippen LogP contribution in [0.5, 0.6) is 5.75 Å². The Morgan fingerprint density at radius 3 is 2.70 bits per heavy atom. The quantitative estimate of drug-likeness (QED) is 0.752. The predicted molar refractivity (Wildman–Crippen MR) is 107 cm³/mol. The fraction of sp³-hybridized carbons (Fsp3) is 0.316. The molecule has 144 valence electrons. The zero-order valence-corrected chi connectivity index (χ0v) is 17.5. The molecule has 8 heteroatoms. The normalized spacial score (nSPS) is 17.7. The number of nitrogens with one attached hydrogen (secondary N) is 1. The fourth-order valence-corrected chi connectivity index (χ4v) is 5.46. The van der Waals surface area contributed by atoms with Crippen molar-refractivity contribution in [3.63, 3.8) is 0 Å². The Hall–Kier alpha value is -1.90. The number of sulfonamides is 1. The summed E-state index contributed by atoms with van der Waals surface area (Å²) in [5.74, 6) is 0.135. The van der Waals surface area contributed by atoms with Crippen molar-refractivity contribution < 1.29 is 17.9 Å². The lowest BCUT2D eigenvalue weighted by molar-refractivity contribution is -0.119. The summed E-state index contributed by atoms with van der Waals surface area (Å²) in [6.07, 6.45) is 1.12. The molecule has 0 aromatic heterocycles. The number of methoxy groups -OCH3 is 1. The highest BCUT2D eigenvalue weighted by Crippen LogP contribution is 2.31. The summed E-state index contributed by atoms with van der Waals surface area (Å²) in [5.41, 5.74) is 1.23. The summed E-state index contributed by atoms with van der Waals surface area (Å²) in [6.45, 7) is 2.05. The second-order valence-electron chi connectivity index (χ2n) is 6.37. The average Bonchev–Trinajstić information content (AvgIpc) is 3.15. The van der Waals surface area contributed by atoms with Crippen molar-refractivity contribution in [1.82, 2.24) is 4.31 Å². The van der Waals surface area contributed by atoms with Gasteiger partial charge in [0.05, 0.1) is 17.7 Å². The molecule has 1 atom stereocenters. The van der Waals surface area contributed by atoms with Gasteiger partial charge in [-0.3, -0.25) is 4.79 Å². The number of para-hydroxylation sites is 1. The van der Waals surface area contributed by atoms with Gasteiger partial charge in [0, 0.05) is 17.1 Å². The van der Waals surface area contributed by atoms with Crippen LogP contribution >= 0.6 is 15.9 Å². The van der Waals surface area contributed by atoms with Crippen LogP contribution in [0.15, 0.2) is 51.8 Å². The molecular formula is C19H21BrN2O4S. The summed E-state index contributed by atoms with van der Waals surface area (Å²) < 4.78 is 33.7. The molecule has 0 radical (unpaired) electrons. The molecule has 1 N–H and O–H groups in total. The first-order chi connectivity index (χ1) is 12.8. The minimum atomic E-state index is -3.82. The van der Waals surface area contributed by atoms with Crippen molar-refractivity contribution in [3.8, 4) is 5.75 Å². The van der Waals surface area contributed by atoms with E-state index in [0.29, 0.717) is 36.4 Å². The van der Waals surface area contributed by atoms with E-state index >= 15 is 0 Å². The van der Waals surface area contributed by atoms with E-state index in [9.17, 15) is 13.2 Å². The molecule has 0 unspecified atom stereocenters. The number of amides is 1. The third kappa shape index (κ3) is 4.02. The molecule has 0 saturated carbocycles. The number of halogens is 1. The molecule has 1 aliphatic heterocycles. The van der Waals surface area contributed by atoms with Gasteiger partial charge in [0.15, 0.2) is 0 Å². The van der Waals surface area contributed by atoms with E-state index in [4.69, 9.17) is 4.74 Å². The average molecular weight is 453 g/mol. The van der Waals surface area contributed by atoms with E-state index < -0.39 is 16.1 Å². The topological polar surface area (TPSA) is 75.7 Å². The zero-order valence-electron chi connectivity index (χ0n) is 15.1. The lowest BCUT2D eigenvalue weighted by Gasteiger charge is -2.24. The van der Waals surface area contributed by atoms with E-state index in [1.165, 1.54) is 17.5 Å². The maximum absolute atomic E-state index is 13.2. The number of aryl methyl sites for hydroxylation is 1. The molecule has 0 aliphatic carbocycles. The van der Waals surface area contributed by atoms with Crippen molar-refractivity contribution in [1.29, 1.82) is 0 Å². The first-order valence-electron chi connectivity index (χ1n) is 8.56. The Balaban J connectivity index is 1.89. The van der Waals surface area contributed by atoms with Crippen LogP contribution < -0.4 is 10.1 Å². The Kier molecular flexibility index (Phi) is 5.88. The predicted octanol–water partition coefficient (Wildman–Crippen LogP) is 3.56. The van der Waals surface area contributed by atoms with Crippen LogP contribution in [0.25, 0.3) is 0 Å². The minimum Gasteiger partial charge on any atom is -0.497 e. The molecule has 3 rings (SSSR count). The van der Waals surface area contributed by atoms with Crippen LogP contribution in [0.4, 0.5) is 5.69 Å². The van der Waals surface area contributed by atoms with Crippen LogP contribution in [0, 0.1) is 6.92 Å². The van der Waals surface area contributed by atoms with Crippen LogP contribution in [-0.4, -0.2) is 38.3 Å². The maximum atomic E-state index is 13.2. The van der Waals surface area contributed by atoms with Gasteiger partial charge in [-0.2, -0.15) is 4.31 Å².